The second-order valence-electron chi connectivity index (χ2n) is 5.79. The molecule has 0 fully saturated rings. The van der Waals surface area contributed by atoms with E-state index in [-0.39, 0.29) is 12.5 Å². The summed E-state index contributed by atoms with van der Waals surface area (Å²) in [6.45, 7) is 0.0641. The molecule has 0 aliphatic rings. The van der Waals surface area contributed by atoms with Crippen molar-refractivity contribution in [2.75, 3.05) is 5.32 Å². The lowest BCUT2D eigenvalue weighted by Gasteiger charge is -2.08. The van der Waals surface area contributed by atoms with Crippen molar-refractivity contribution in [2.24, 2.45) is 7.05 Å². The molecule has 0 bridgehead atoms. The van der Waals surface area contributed by atoms with Gasteiger partial charge in [-0.3, -0.25) is 19.1 Å². The zero-order chi connectivity index (χ0) is 18.8. The molecular formula is C17H15N7OS2. The van der Waals surface area contributed by atoms with Gasteiger partial charge in [0.05, 0.1) is 4.88 Å². The largest absolute Gasteiger partial charge is 0.325 e. The van der Waals surface area contributed by atoms with Crippen LogP contribution >= 0.6 is 23.6 Å². The summed E-state index contributed by atoms with van der Waals surface area (Å²) in [6.07, 6.45) is 1.63. The molecule has 0 saturated heterocycles. The second-order valence-corrected chi connectivity index (χ2v) is 7.12. The van der Waals surface area contributed by atoms with Crippen LogP contribution in [0.4, 0.5) is 5.69 Å². The molecule has 10 heteroatoms. The Morgan fingerprint density at radius 2 is 2.22 bits per heavy atom. The first-order valence-corrected chi connectivity index (χ1v) is 9.34. The van der Waals surface area contributed by atoms with Gasteiger partial charge >= 0.3 is 0 Å². The highest BCUT2D eigenvalue weighted by Crippen LogP contribution is 2.23. The number of nitrogens with one attached hydrogen (secondary N) is 2. The first-order chi connectivity index (χ1) is 13.1. The van der Waals surface area contributed by atoms with Crippen molar-refractivity contribution >= 4 is 35.1 Å². The van der Waals surface area contributed by atoms with Gasteiger partial charge in [-0.05, 0) is 35.8 Å². The van der Waals surface area contributed by atoms with E-state index in [2.05, 4.69) is 25.6 Å². The number of aromatic nitrogens is 6. The summed E-state index contributed by atoms with van der Waals surface area (Å²) >= 11 is 6.81. The molecule has 0 unspecified atom stereocenters. The summed E-state index contributed by atoms with van der Waals surface area (Å²) in [5.41, 5.74) is 1.49. The van der Waals surface area contributed by atoms with E-state index in [0.717, 1.165) is 10.4 Å². The molecule has 8 nitrogen and oxygen atoms in total. The summed E-state index contributed by atoms with van der Waals surface area (Å²) in [6, 6.07) is 11.3. The van der Waals surface area contributed by atoms with Crippen molar-refractivity contribution in [2.45, 2.75) is 6.54 Å². The van der Waals surface area contributed by atoms with Crippen LogP contribution in [0.15, 0.2) is 48.1 Å². The molecule has 2 N–H and O–H groups in total. The first kappa shape index (κ1) is 17.3. The third kappa shape index (κ3) is 3.71. The van der Waals surface area contributed by atoms with Gasteiger partial charge in [-0.2, -0.15) is 10.2 Å². The first-order valence-electron chi connectivity index (χ1n) is 8.05. The zero-order valence-corrected chi connectivity index (χ0v) is 15.9. The minimum Gasteiger partial charge on any atom is -0.325 e. The van der Waals surface area contributed by atoms with Crippen LogP contribution in [0.2, 0.25) is 0 Å². The molecule has 0 spiro atoms. The van der Waals surface area contributed by atoms with Crippen LogP contribution in [-0.4, -0.2) is 35.4 Å². The van der Waals surface area contributed by atoms with Gasteiger partial charge in [0.1, 0.15) is 12.9 Å². The number of H-pyrrole nitrogens is 1. The van der Waals surface area contributed by atoms with E-state index in [0.29, 0.717) is 22.1 Å². The van der Waals surface area contributed by atoms with Crippen molar-refractivity contribution in [3.05, 3.63) is 52.9 Å². The fourth-order valence-corrected chi connectivity index (χ4v) is 3.53. The van der Waals surface area contributed by atoms with Crippen molar-refractivity contribution in [1.82, 2.24) is 29.5 Å². The van der Waals surface area contributed by atoms with Gasteiger partial charge in [0.15, 0.2) is 16.4 Å². The number of rotatable bonds is 5. The van der Waals surface area contributed by atoms with Crippen LogP contribution in [0, 0.1) is 4.77 Å². The Labute approximate surface area is 163 Å². The Hall–Kier alpha value is -3.11. The normalized spacial score (nSPS) is 10.9. The number of anilines is 1. The van der Waals surface area contributed by atoms with E-state index in [9.17, 15) is 4.79 Å². The van der Waals surface area contributed by atoms with Gasteiger partial charge in [0, 0.05) is 18.3 Å². The standard InChI is InChI=1S/C17H15N7OS2/c1-23-10-18-15(22-23)11-4-2-5-12(8-11)19-14(25)9-24-16(20-21-17(24)26)13-6-3-7-27-13/h2-8,10H,9H2,1H3,(H,19,25)(H,21,26). The SMILES string of the molecule is Cn1cnc(-c2cccc(NC(=O)Cn3c(-c4cccs4)n[nH]c3=S)c2)n1. The topological polar surface area (TPSA) is 93.4 Å². The van der Waals surface area contributed by atoms with Gasteiger partial charge < -0.3 is 5.32 Å². The molecule has 27 heavy (non-hydrogen) atoms. The Bertz CT molecular complexity index is 1140. The average molecular weight is 397 g/mol. The van der Waals surface area contributed by atoms with Crippen molar-refractivity contribution in [3.63, 3.8) is 0 Å². The van der Waals surface area contributed by atoms with E-state index in [1.807, 2.05) is 48.8 Å². The monoisotopic (exact) mass is 397 g/mol. The predicted octanol–water partition coefficient (Wildman–Crippen LogP) is 3.10. The summed E-state index contributed by atoms with van der Waals surface area (Å²) in [7, 11) is 1.81. The van der Waals surface area contributed by atoms with E-state index in [1.54, 1.807) is 15.6 Å². The van der Waals surface area contributed by atoms with Crippen LogP contribution in [0.5, 0.6) is 0 Å². The van der Waals surface area contributed by atoms with Gasteiger partial charge in [-0.1, -0.05) is 18.2 Å². The highest BCUT2D eigenvalue weighted by Gasteiger charge is 2.13. The van der Waals surface area contributed by atoms with Crippen molar-refractivity contribution in [1.29, 1.82) is 0 Å². The van der Waals surface area contributed by atoms with E-state index < -0.39 is 0 Å². The van der Waals surface area contributed by atoms with Gasteiger partial charge in [-0.25, -0.2) is 4.98 Å². The lowest BCUT2D eigenvalue weighted by molar-refractivity contribution is -0.116. The van der Waals surface area contributed by atoms with Gasteiger partial charge in [0.25, 0.3) is 0 Å². The van der Waals surface area contributed by atoms with Crippen LogP contribution in [0.3, 0.4) is 0 Å². The number of benzene rings is 1. The second kappa shape index (κ2) is 7.25. The quantitative estimate of drug-likeness (QED) is 0.505. The number of amides is 1. The van der Waals surface area contributed by atoms with Crippen molar-refractivity contribution < 1.29 is 4.79 Å². The maximum absolute atomic E-state index is 12.6. The molecule has 0 radical (unpaired) electrons. The number of aromatic amines is 1. The lowest BCUT2D eigenvalue weighted by atomic mass is 10.2. The molecule has 136 valence electrons. The molecule has 0 saturated carbocycles. The van der Waals surface area contributed by atoms with E-state index >= 15 is 0 Å². The number of nitrogens with zero attached hydrogens (tertiary/aromatic N) is 5. The number of aryl methyl sites for hydroxylation is 1. The fraction of sp³-hybridized carbons (Fsp3) is 0.118. The van der Waals surface area contributed by atoms with Crippen molar-refractivity contribution in [3.8, 4) is 22.1 Å². The third-order valence-electron chi connectivity index (χ3n) is 3.81. The Kier molecular flexibility index (Phi) is 4.65. The zero-order valence-electron chi connectivity index (χ0n) is 14.3. The van der Waals surface area contributed by atoms with E-state index in [4.69, 9.17) is 12.2 Å². The molecule has 3 aromatic heterocycles. The molecule has 0 aliphatic carbocycles. The van der Waals surface area contributed by atoms with Crippen LogP contribution in [0.1, 0.15) is 0 Å². The Morgan fingerprint density at radius 1 is 1.33 bits per heavy atom. The number of hydrogen-bond acceptors (Lipinski definition) is 6. The summed E-state index contributed by atoms with van der Waals surface area (Å²) in [5.74, 6) is 1.05. The molecule has 3 heterocycles. The Balaban J connectivity index is 1.53. The number of hydrogen-bond donors (Lipinski definition) is 2. The minimum atomic E-state index is -0.198. The Morgan fingerprint density at radius 3 is 2.96 bits per heavy atom. The number of carbonyl (C=O) groups excluding carboxylic acids is 1. The van der Waals surface area contributed by atoms with Crippen LogP contribution < -0.4 is 5.32 Å². The molecule has 4 rings (SSSR count). The third-order valence-corrected chi connectivity index (χ3v) is 4.98. The molecule has 0 aliphatic heterocycles. The molecule has 1 amide bonds. The summed E-state index contributed by atoms with van der Waals surface area (Å²) < 4.78 is 3.72. The van der Waals surface area contributed by atoms with E-state index in [1.165, 1.54) is 11.3 Å². The highest BCUT2D eigenvalue weighted by atomic mass is 32.1. The molecule has 4 aromatic rings. The fourth-order valence-electron chi connectivity index (χ4n) is 2.61. The van der Waals surface area contributed by atoms with Crippen LogP contribution in [-0.2, 0) is 18.4 Å². The lowest BCUT2D eigenvalue weighted by Crippen LogP contribution is -2.19. The smallest absolute Gasteiger partial charge is 0.244 e. The highest BCUT2D eigenvalue weighted by molar-refractivity contribution is 7.71. The minimum absolute atomic E-state index is 0.0641. The van der Waals surface area contributed by atoms with Crippen LogP contribution in [0.25, 0.3) is 22.1 Å². The predicted molar refractivity (Wildman–Crippen MR) is 106 cm³/mol. The van der Waals surface area contributed by atoms with Gasteiger partial charge in [-0.15, -0.1) is 11.3 Å². The summed E-state index contributed by atoms with van der Waals surface area (Å²) in [5, 5.41) is 16.1. The maximum atomic E-state index is 12.6. The average Bonchev–Trinajstić information content (AvgIpc) is 3.38. The summed E-state index contributed by atoms with van der Waals surface area (Å²) in [4.78, 5) is 17.7. The molecule has 1 aromatic carbocycles. The number of carbonyl (C=O) groups is 1. The van der Waals surface area contributed by atoms with Gasteiger partial charge in [0.2, 0.25) is 5.91 Å². The molecule has 0 atom stereocenters. The molecular weight excluding hydrogens is 382 g/mol. The maximum Gasteiger partial charge on any atom is 0.244 e. The number of thiophene rings is 1.